The van der Waals surface area contributed by atoms with Crippen molar-refractivity contribution >= 4 is 28.9 Å². The summed E-state index contributed by atoms with van der Waals surface area (Å²) in [6, 6.07) is 9.25. The number of fused-ring (bicyclic) bond motifs is 1. The lowest BCUT2D eigenvalue weighted by Crippen LogP contribution is -2.03. The minimum atomic E-state index is -0.118. The zero-order chi connectivity index (χ0) is 11.8. The van der Waals surface area contributed by atoms with Crippen LogP contribution in [-0.4, -0.2) is 10.9 Å². The highest BCUT2D eigenvalue weighted by molar-refractivity contribution is 6.36. The van der Waals surface area contributed by atoms with Crippen molar-refractivity contribution < 1.29 is 4.79 Å². The van der Waals surface area contributed by atoms with Gasteiger partial charge in [-0.25, -0.2) is 0 Å². The lowest BCUT2D eigenvalue weighted by atomic mass is 10.0. The first kappa shape index (κ1) is 9.72. The molecule has 84 valence electrons. The van der Waals surface area contributed by atoms with Crippen LogP contribution in [0.2, 0.25) is 0 Å². The lowest BCUT2D eigenvalue weighted by Gasteiger charge is -2.01. The van der Waals surface area contributed by atoms with Crippen LogP contribution in [0.15, 0.2) is 36.5 Å². The Morgan fingerprint density at radius 3 is 2.82 bits per heavy atom. The highest BCUT2D eigenvalue weighted by Crippen LogP contribution is 2.36. The van der Waals surface area contributed by atoms with Crippen LogP contribution in [0, 0.1) is 0 Å². The van der Waals surface area contributed by atoms with Crippen LogP contribution in [-0.2, 0) is 4.79 Å². The van der Waals surface area contributed by atoms with Gasteiger partial charge in [0.1, 0.15) is 0 Å². The molecule has 4 heteroatoms. The van der Waals surface area contributed by atoms with Gasteiger partial charge in [-0.15, -0.1) is 0 Å². The lowest BCUT2D eigenvalue weighted by molar-refractivity contribution is -0.110. The van der Waals surface area contributed by atoms with Gasteiger partial charge in [0.25, 0.3) is 5.91 Å². The zero-order valence-electron chi connectivity index (χ0n) is 9.03. The summed E-state index contributed by atoms with van der Waals surface area (Å²) >= 11 is 0. The standard InChI is InChI=1S/C13H11N3O/c14-10-4-1-5-11-12(10)9(13(17)16-11)7-8-3-2-6-15-8/h1-7,15H,14H2,(H,16,17)/b9-7-. The fraction of sp³-hybridized carbons (Fsp3) is 0. The van der Waals surface area contributed by atoms with E-state index in [1.54, 1.807) is 12.1 Å². The monoisotopic (exact) mass is 225 g/mol. The topological polar surface area (TPSA) is 70.9 Å². The molecule has 2 heterocycles. The summed E-state index contributed by atoms with van der Waals surface area (Å²) in [6.07, 6.45) is 3.62. The maximum absolute atomic E-state index is 11.9. The van der Waals surface area contributed by atoms with Gasteiger partial charge in [-0.1, -0.05) is 6.07 Å². The quantitative estimate of drug-likeness (QED) is 0.513. The molecule has 0 spiro atoms. The SMILES string of the molecule is Nc1cccc2c1/C(=C/c1ccc[nH]1)C(=O)N2. The Balaban J connectivity index is 2.17. The average Bonchev–Trinajstić information content (AvgIpc) is 2.89. The number of amides is 1. The third kappa shape index (κ3) is 1.50. The van der Waals surface area contributed by atoms with Gasteiger partial charge in [-0.2, -0.15) is 0 Å². The van der Waals surface area contributed by atoms with Crippen molar-refractivity contribution in [1.29, 1.82) is 0 Å². The van der Waals surface area contributed by atoms with Crippen LogP contribution in [0.25, 0.3) is 11.6 Å². The molecule has 0 radical (unpaired) electrons. The molecule has 4 N–H and O–H groups in total. The Morgan fingerprint density at radius 1 is 1.18 bits per heavy atom. The van der Waals surface area contributed by atoms with Gasteiger partial charge in [0.2, 0.25) is 0 Å². The number of anilines is 2. The van der Waals surface area contributed by atoms with Crippen molar-refractivity contribution in [2.45, 2.75) is 0 Å². The van der Waals surface area contributed by atoms with E-state index in [0.29, 0.717) is 11.3 Å². The normalized spacial score (nSPS) is 16.0. The number of carbonyl (C=O) groups excluding carboxylic acids is 1. The highest BCUT2D eigenvalue weighted by atomic mass is 16.2. The molecule has 1 aromatic carbocycles. The number of nitrogens with two attached hydrogens (primary N) is 1. The Kier molecular flexibility index (Phi) is 2.01. The van der Waals surface area contributed by atoms with E-state index in [9.17, 15) is 4.79 Å². The van der Waals surface area contributed by atoms with Crippen molar-refractivity contribution in [3.05, 3.63) is 47.8 Å². The smallest absolute Gasteiger partial charge is 0.256 e. The Labute approximate surface area is 98.1 Å². The first-order chi connectivity index (χ1) is 8.25. The molecule has 1 amide bonds. The van der Waals surface area contributed by atoms with Gasteiger partial charge >= 0.3 is 0 Å². The molecule has 0 unspecified atom stereocenters. The highest BCUT2D eigenvalue weighted by Gasteiger charge is 2.25. The minimum absolute atomic E-state index is 0.118. The number of hydrogen-bond donors (Lipinski definition) is 3. The third-order valence-electron chi connectivity index (χ3n) is 2.78. The van der Waals surface area contributed by atoms with E-state index in [1.807, 2.05) is 30.5 Å². The van der Waals surface area contributed by atoms with Crippen LogP contribution >= 0.6 is 0 Å². The van der Waals surface area contributed by atoms with E-state index in [4.69, 9.17) is 5.73 Å². The van der Waals surface area contributed by atoms with Gasteiger partial charge < -0.3 is 16.0 Å². The van der Waals surface area contributed by atoms with Crippen LogP contribution < -0.4 is 11.1 Å². The van der Waals surface area contributed by atoms with E-state index in [2.05, 4.69) is 10.3 Å². The summed E-state index contributed by atoms with van der Waals surface area (Å²) in [6.45, 7) is 0. The summed E-state index contributed by atoms with van der Waals surface area (Å²) in [5.74, 6) is -0.118. The van der Waals surface area contributed by atoms with Crippen LogP contribution in [0.3, 0.4) is 0 Å². The molecule has 0 saturated heterocycles. The largest absolute Gasteiger partial charge is 0.398 e. The molecule has 0 atom stereocenters. The number of nitrogens with one attached hydrogen (secondary N) is 2. The Bertz CT molecular complexity index is 612. The predicted octanol–water partition coefficient (Wildman–Crippen LogP) is 2.09. The number of aromatic nitrogens is 1. The van der Waals surface area contributed by atoms with Gasteiger partial charge in [-0.3, -0.25) is 4.79 Å². The summed E-state index contributed by atoms with van der Waals surface area (Å²) in [7, 11) is 0. The molecule has 4 nitrogen and oxygen atoms in total. The van der Waals surface area contributed by atoms with E-state index >= 15 is 0 Å². The second-order valence-corrected chi connectivity index (χ2v) is 3.91. The van der Waals surface area contributed by atoms with E-state index < -0.39 is 0 Å². The average molecular weight is 225 g/mol. The number of aromatic amines is 1. The molecular weight excluding hydrogens is 214 g/mol. The number of hydrogen-bond acceptors (Lipinski definition) is 2. The van der Waals surface area contributed by atoms with Crippen molar-refractivity contribution in [2.24, 2.45) is 0 Å². The van der Waals surface area contributed by atoms with E-state index in [-0.39, 0.29) is 5.91 Å². The number of benzene rings is 1. The molecular formula is C13H11N3O. The van der Waals surface area contributed by atoms with Gasteiger partial charge in [0.05, 0.1) is 11.3 Å². The fourth-order valence-corrected chi connectivity index (χ4v) is 2.01. The van der Waals surface area contributed by atoms with Gasteiger partial charge in [-0.05, 0) is 30.3 Å². The number of carbonyl (C=O) groups is 1. The summed E-state index contributed by atoms with van der Waals surface area (Å²) < 4.78 is 0. The van der Waals surface area contributed by atoms with Crippen molar-refractivity contribution in [2.75, 3.05) is 11.1 Å². The van der Waals surface area contributed by atoms with Crippen LogP contribution in [0.1, 0.15) is 11.3 Å². The third-order valence-corrected chi connectivity index (χ3v) is 2.78. The van der Waals surface area contributed by atoms with E-state index in [0.717, 1.165) is 16.9 Å². The summed E-state index contributed by atoms with van der Waals surface area (Å²) in [5.41, 5.74) is 9.55. The first-order valence-electron chi connectivity index (χ1n) is 5.31. The first-order valence-corrected chi connectivity index (χ1v) is 5.31. The second-order valence-electron chi connectivity index (χ2n) is 3.91. The molecule has 1 aliphatic rings. The maximum Gasteiger partial charge on any atom is 0.256 e. The van der Waals surface area contributed by atoms with E-state index in [1.165, 1.54) is 0 Å². The number of nitrogen functional groups attached to an aromatic ring is 1. The molecule has 1 aliphatic heterocycles. The van der Waals surface area contributed by atoms with Crippen molar-refractivity contribution in [3.63, 3.8) is 0 Å². The fourth-order valence-electron chi connectivity index (χ4n) is 2.01. The molecule has 1 aromatic heterocycles. The van der Waals surface area contributed by atoms with Gasteiger partial charge in [0, 0.05) is 23.1 Å². The zero-order valence-corrected chi connectivity index (χ0v) is 9.03. The Hall–Kier alpha value is -2.49. The van der Waals surface area contributed by atoms with Crippen LogP contribution in [0.4, 0.5) is 11.4 Å². The van der Waals surface area contributed by atoms with Crippen molar-refractivity contribution in [1.82, 2.24) is 4.98 Å². The summed E-state index contributed by atoms with van der Waals surface area (Å²) in [4.78, 5) is 14.9. The molecule has 3 rings (SSSR count). The molecule has 0 aliphatic carbocycles. The molecule has 17 heavy (non-hydrogen) atoms. The minimum Gasteiger partial charge on any atom is -0.398 e. The van der Waals surface area contributed by atoms with Crippen LogP contribution in [0.5, 0.6) is 0 Å². The summed E-state index contributed by atoms with van der Waals surface area (Å²) in [5, 5.41) is 2.80. The second kappa shape index (κ2) is 3.52. The molecule has 0 bridgehead atoms. The molecule has 0 saturated carbocycles. The number of rotatable bonds is 1. The number of H-pyrrole nitrogens is 1. The predicted molar refractivity (Wildman–Crippen MR) is 68.1 cm³/mol. The molecule has 0 fully saturated rings. The molecule has 2 aromatic rings. The maximum atomic E-state index is 11.9. The van der Waals surface area contributed by atoms with Crippen molar-refractivity contribution in [3.8, 4) is 0 Å². The van der Waals surface area contributed by atoms with Gasteiger partial charge in [0.15, 0.2) is 0 Å². The Morgan fingerprint density at radius 2 is 2.06 bits per heavy atom.